The summed E-state index contributed by atoms with van der Waals surface area (Å²) >= 11 is 0. The second-order valence-electron chi connectivity index (χ2n) is 4.70. The minimum atomic E-state index is 0.747. The van der Waals surface area contributed by atoms with Crippen LogP contribution < -0.4 is 5.73 Å². The zero-order chi connectivity index (χ0) is 12.6. The van der Waals surface area contributed by atoms with Crippen LogP contribution in [0.5, 0.6) is 0 Å². The van der Waals surface area contributed by atoms with E-state index >= 15 is 0 Å². The Kier molecular flexibility index (Phi) is 2.88. The van der Waals surface area contributed by atoms with Crippen molar-refractivity contribution in [2.24, 2.45) is 0 Å². The van der Waals surface area contributed by atoms with E-state index in [-0.39, 0.29) is 0 Å². The minimum Gasteiger partial charge on any atom is -0.397 e. The largest absolute Gasteiger partial charge is 0.397 e. The number of hydrogen-bond acceptors (Lipinski definition) is 2. The van der Waals surface area contributed by atoms with Gasteiger partial charge in [-0.3, -0.25) is 4.98 Å². The van der Waals surface area contributed by atoms with Gasteiger partial charge in [0.15, 0.2) is 0 Å². The fourth-order valence-electron chi connectivity index (χ4n) is 2.03. The topological polar surface area (TPSA) is 38.9 Å². The molecule has 0 saturated carbocycles. The van der Waals surface area contributed by atoms with Gasteiger partial charge in [0.2, 0.25) is 0 Å². The molecule has 0 radical (unpaired) electrons. The van der Waals surface area contributed by atoms with E-state index < -0.39 is 0 Å². The maximum atomic E-state index is 6.05. The van der Waals surface area contributed by atoms with Crippen molar-refractivity contribution in [3.8, 4) is 11.3 Å². The molecule has 1 aromatic carbocycles. The molecule has 0 aliphatic rings. The van der Waals surface area contributed by atoms with Gasteiger partial charge in [-0.1, -0.05) is 6.07 Å². The lowest BCUT2D eigenvalue weighted by atomic mass is 9.97. The molecule has 2 heteroatoms. The number of pyridine rings is 1. The normalized spacial score (nSPS) is 10.6. The van der Waals surface area contributed by atoms with Crippen molar-refractivity contribution in [3.05, 3.63) is 46.6 Å². The van der Waals surface area contributed by atoms with Crippen LogP contribution in [0.15, 0.2) is 24.4 Å². The number of benzene rings is 1. The van der Waals surface area contributed by atoms with Crippen LogP contribution in [-0.2, 0) is 0 Å². The Hall–Kier alpha value is -1.83. The summed E-state index contributed by atoms with van der Waals surface area (Å²) in [6, 6.07) is 6.32. The summed E-state index contributed by atoms with van der Waals surface area (Å²) in [4.78, 5) is 4.45. The maximum Gasteiger partial charge on any atom is 0.0934 e. The molecule has 0 spiro atoms. The second kappa shape index (κ2) is 4.21. The number of nitrogens with zero attached hydrogens (tertiary/aromatic N) is 1. The standard InChI is InChI=1S/C15H18N2/c1-9-5-14(16)15(17-8-9)13-7-11(3)10(2)6-12(13)4/h5-8H,16H2,1-4H3. The Morgan fingerprint density at radius 3 is 2.18 bits per heavy atom. The molecule has 0 aliphatic carbocycles. The van der Waals surface area contributed by atoms with Crippen LogP contribution in [0, 0.1) is 27.7 Å². The van der Waals surface area contributed by atoms with Crippen molar-refractivity contribution >= 4 is 5.69 Å². The van der Waals surface area contributed by atoms with Gasteiger partial charge in [0.25, 0.3) is 0 Å². The average Bonchev–Trinajstić information content (AvgIpc) is 2.24. The van der Waals surface area contributed by atoms with Crippen LogP contribution in [0.3, 0.4) is 0 Å². The molecule has 1 aromatic heterocycles. The van der Waals surface area contributed by atoms with E-state index in [9.17, 15) is 0 Å². The van der Waals surface area contributed by atoms with Crippen molar-refractivity contribution in [2.45, 2.75) is 27.7 Å². The number of aryl methyl sites for hydroxylation is 4. The third kappa shape index (κ3) is 2.16. The molecule has 2 rings (SSSR count). The molecule has 0 unspecified atom stereocenters. The average molecular weight is 226 g/mol. The molecule has 2 nitrogen and oxygen atoms in total. The summed E-state index contributed by atoms with van der Waals surface area (Å²) in [6.45, 7) is 8.34. The van der Waals surface area contributed by atoms with E-state index in [4.69, 9.17) is 5.73 Å². The molecular weight excluding hydrogens is 208 g/mol. The highest BCUT2D eigenvalue weighted by Crippen LogP contribution is 2.29. The molecule has 88 valence electrons. The molecule has 2 N–H and O–H groups in total. The molecule has 0 saturated heterocycles. The van der Waals surface area contributed by atoms with Gasteiger partial charge in [-0.05, 0) is 62.1 Å². The van der Waals surface area contributed by atoms with E-state index in [0.29, 0.717) is 0 Å². The van der Waals surface area contributed by atoms with Crippen molar-refractivity contribution in [2.75, 3.05) is 5.73 Å². The highest BCUT2D eigenvalue weighted by molar-refractivity contribution is 5.75. The first kappa shape index (κ1) is 11.6. The van der Waals surface area contributed by atoms with Crippen LogP contribution in [0.25, 0.3) is 11.3 Å². The van der Waals surface area contributed by atoms with E-state index in [1.807, 2.05) is 19.2 Å². The fraction of sp³-hybridized carbons (Fsp3) is 0.267. The van der Waals surface area contributed by atoms with Gasteiger partial charge in [0, 0.05) is 11.8 Å². The van der Waals surface area contributed by atoms with Crippen LogP contribution in [0.2, 0.25) is 0 Å². The minimum absolute atomic E-state index is 0.747. The van der Waals surface area contributed by atoms with Gasteiger partial charge in [-0.25, -0.2) is 0 Å². The first-order chi connectivity index (χ1) is 7.99. The van der Waals surface area contributed by atoms with Gasteiger partial charge in [0.05, 0.1) is 11.4 Å². The monoisotopic (exact) mass is 226 g/mol. The molecular formula is C15H18N2. The van der Waals surface area contributed by atoms with Gasteiger partial charge in [-0.2, -0.15) is 0 Å². The van der Waals surface area contributed by atoms with Gasteiger partial charge < -0.3 is 5.73 Å². The smallest absolute Gasteiger partial charge is 0.0934 e. The summed E-state index contributed by atoms with van der Waals surface area (Å²) in [6.07, 6.45) is 1.86. The second-order valence-corrected chi connectivity index (χ2v) is 4.70. The SMILES string of the molecule is Cc1cnc(-c2cc(C)c(C)cc2C)c(N)c1. The number of rotatable bonds is 1. The summed E-state index contributed by atoms with van der Waals surface area (Å²) < 4.78 is 0. The summed E-state index contributed by atoms with van der Waals surface area (Å²) in [5.74, 6) is 0. The predicted molar refractivity (Wildman–Crippen MR) is 73.0 cm³/mol. The Balaban J connectivity index is 2.64. The Labute approximate surface area is 103 Å². The lowest BCUT2D eigenvalue weighted by Gasteiger charge is -2.11. The number of nitrogen functional groups attached to an aromatic ring is 1. The molecule has 0 bridgehead atoms. The molecule has 0 atom stereocenters. The van der Waals surface area contributed by atoms with Crippen molar-refractivity contribution in [1.82, 2.24) is 4.98 Å². The molecule has 0 aliphatic heterocycles. The van der Waals surface area contributed by atoms with E-state index in [1.165, 1.54) is 16.7 Å². The summed E-state index contributed by atoms with van der Waals surface area (Å²) in [5.41, 5.74) is 13.7. The van der Waals surface area contributed by atoms with Crippen LogP contribution >= 0.6 is 0 Å². The van der Waals surface area contributed by atoms with Crippen LogP contribution in [0.4, 0.5) is 5.69 Å². The fourth-order valence-corrected chi connectivity index (χ4v) is 2.03. The molecule has 1 heterocycles. The maximum absolute atomic E-state index is 6.05. The highest BCUT2D eigenvalue weighted by atomic mass is 14.7. The number of nitrogens with two attached hydrogens (primary N) is 1. The van der Waals surface area contributed by atoms with Crippen molar-refractivity contribution in [1.29, 1.82) is 0 Å². The third-order valence-electron chi connectivity index (χ3n) is 3.15. The van der Waals surface area contributed by atoms with E-state index in [1.54, 1.807) is 0 Å². The Bertz CT molecular complexity index is 571. The molecule has 2 aromatic rings. The molecule has 0 amide bonds. The van der Waals surface area contributed by atoms with Crippen LogP contribution in [-0.4, -0.2) is 4.98 Å². The Morgan fingerprint density at radius 1 is 0.882 bits per heavy atom. The summed E-state index contributed by atoms with van der Waals surface area (Å²) in [5, 5.41) is 0. The zero-order valence-electron chi connectivity index (χ0n) is 10.8. The van der Waals surface area contributed by atoms with Crippen LogP contribution in [0.1, 0.15) is 22.3 Å². The highest BCUT2D eigenvalue weighted by Gasteiger charge is 2.09. The third-order valence-corrected chi connectivity index (χ3v) is 3.15. The van der Waals surface area contributed by atoms with Crippen molar-refractivity contribution < 1.29 is 0 Å². The quantitative estimate of drug-likeness (QED) is 0.807. The lowest BCUT2D eigenvalue weighted by Crippen LogP contribution is -1.97. The molecule has 0 fully saturated rings. The first-order valence-electron chi connectivity index (χ1n) is 5.79. The van der Waals surface area contributed by atoms with Gasteiger partial charge >= 0.3 is 0 Å². The molecule has 17 heavy (non-hydrogen) atoms. The van der Waals surface area contributed by atoms with E-state index in [0.717, 1.165) is 22.5 Å². The van der Waals surface area contributed by atoms with Gasteiger partial charge in [0.1, 0.15) is 0 Å². The number of aromatic nitrogens is 1. The number of anilines is 1. The van der Waals surface area contributed by atoms with Gasteiger partial charge in [-0.15, -0.1) is 0 Å². The predicted octanol–water partition coefficient (Wildman–Crippen LogP) is 3.56. The van der Waals surface area contributed by atoms with E-state index in [2.05, 4.69) is 37.9 Å². The lowest BCUT2D eigenvalue weighted by molar-refractivity contribution is 1.24. The first-order valence-corrected chi connectivity index (χ1v) is 5.79. The number of hydrogen-bond donors (Lipinski definition) is 1. The zero-order valence-corrected chi connectivity index (χ0v) is 10.8. The Morgan fingerprint density at radius 2 is 1.53 bits per heavy atom. The van der Waals surface area contributed by atoms with Crippen molar-refractivity contribution in [3.63, 3.8) is 0 Å². The summed E-state index contributed by atoms with van der Waals surface area (Å²) in [7, 11) is 0.